The minimum atomic E-state index is -0.825. The number of carboxylic acid groups (broad SMARTS) is 1. The summed E-state index contributed by atoms with van der Waals surface area (Å²) in [5, 5.41) is 12.6. The third-order valence-electron chi connectivity index (χ3n) is 3.65. The summed E-state index contributed by atoms with van der Waals surface area (Å²) >= 11 is 0. The van der Waals surface area contributed by atoms with Crippen molar-refractivity contribution in [1.82, 2.24) is 5.32 Å². The standard InChI is InChI=1S/C14H19NO3/c1-3-15-14(13(16)17)7-6-10-4-5-12(18-2)8-11(10)9-14/h4-5,8,15H,3,6-7,9H2,1-2H3,(H,16,17). The topological polar surface area (TPSA) is 58.6 Å². The Balaban J connectivity index is 2.34. The Labute approximate surface area is 107 Å². The fourth-order valence-corrected chi connectivity index (χ4v) is 2.65. The van der Waals surface area contributed by atoms with Gasteiger partial charge >= 0.3 is 5.97 Å². The molecule has 0 saturated carbocycles. The maximum absolute atomic E-state index is 11.5. The zero-order valence-electron chi connectivity index (χ0n) is 10.8. The summed E-state index contributed by atoms with van der Waals surface area (Å²) in [6.45, 7) is 2.59. The van der Waals surface area contributed by atoms with Crippen LogP contribution in [0.4, 0.5) is 0 Å². The van der Waals surface area contributed by atoms with Gasteiger partial charge in [-0.25, -0.2) is 0 Å². The molecule has 4 heteroatoms. The SMILES string of the molecule is CCNC1(C(=O)O)CCc2ccc(OC)cc2C1. The molecule has 1 aromatic carbocycles. The quantitative estimate of drug-likeness (QED) is 0.851. The lowest BCUT2D eigenvalue weighted by molar-refractivity contribution is -0.145. The van der Waals surface area contributed by atoms with E-state index in [2.05, 4.69) is 5.32 Å². The minimum absolute atomic E-state index is 0.517. The van der Waals surface area contributed by atoms with Crippen molar-refractivity contribution in [2.45, 2.75) is 31.7 Å². The molecule has 0 saturated heterocycles. The molecule has 1 aliphatic rings. The summed E-state index contributed by atoms with van der Waals surface area (Å²) in [5.74, 6) is 0.0178. The molecule has 0 bridgehead atoms. The highest BCUT2D eigenvalue weighted by Gasteiger charge is 2.40. The van der Waals surface area contributed by atoms with Crippen LogP contribution in [0.1, 0.15) is 24.5 Å². The number of rotatable bonds is 4. The van der Waals surface area contributed by atoms with Gasteiger partial charge in [-0.2, -0.15) is 0 Å². The van der Waals surface area contributed by atoms with Gasteiger partial charge in [-0.15, -0.1) is 0 Å². The molecule has 1 aromatic rings. The Morgan fingerprint density at radius 1 is 1.50 bits per heavy atom. The van der Waals surface area contributed by atoms with Crippen LogP contribution < -0.4 is 10.1 Å². The third kappa shape index (κ3) is 2.20. The maximum atomic E-state index is 11.5. The molecule has 18 heavy (non-hydrogen) atoms. The monoisotopic (exact) mass is 249 g/mol. The van der Waals surface area contributed by atoms with E-state index in [1.165, 1.54) is 5.56 Å². The third-order valence-corrected chi connectivity index (χ3v) is 3.65. The summed E-state index contributed by atoms with van der Waals surface area (Å²) in [4.78, 5) is 11.5. The average Bonchev–Trinajstić information content (AvgIpc) is 2.38. The lowest BCUT2D eigenvalue weighted by Gasteiger charge is -2.35. The number of likely N-dealkylation sites (N-methyl/N-ethyl adjacent to an activating group) is 1. The van der Waals surface area contributed by atoms with Crippen molar-refractivity contribution >= 4 is 5.97 Å². The number of benzene rings is 1. The number of ether oxygens (including phenoxy) is 1. The van der Waals surface area contributed by atoms with E-state index in [0.29, 0.717) is 19.4 Å². The van der Waals surface area contributed by atoms with Gasteiger partial charge in [0.1, 0.15) is 11.3 Å². The van der Waals surface area contributed by atoms with E-state index >= 15 is 0 Å². The molecule has 0 heterocycles. The molecule has 0 fully saturated rings. The highest BCUT2D eigenvalue weighted by molar-refractivity contribution is 5.80. The van der Waals surface area contributed by atoms with Crippen LogP contribution in [-0.4, -0.2) is 30.3 Å². The van der Waals surface area contributed by atoms with Crippen LogP contribution >= 0.6 is 0 Å². The molecule has 1 atom stereocenters. The maximum Gasteiger partial charge on any atom is 0.324 e. The lowest BCUT2D eigenvalue weighted by Crippen LogP contribution is -2.55. The van der Waals surface area contributed by atoms with Crippen LogP contribution in [0.3, 0.4) is 0 Å². The zero-order valence-corrected chi connectivity index (χ0v) is 10.8. The second-order valence-electron chi connectivity index (χ2n) is 4.73. The van der Waals surface area contributed by atoms with Gasteiger partial charge < -0.3 is 15.2 Å². The molecule has 2 N–H and O–H groups in total. The van der Waals surface area contributed by atoms with Gasteiger partial charge in [0.25, 0.3) is 0 Å². The van der Waals surface area contributed by atoms with E-state index in [1.807, 2.05) is 25.1 Å². The number of hydrogen-bond acceptors (Lipinski definition) is 3. The van der Waals surface area contributed by atoms with Crippen LogP contribution in [0.2, 0.25) is 0 Å². The first kappa shape index (κ1) is 12.9. The molecule has 0 spiro atoms. The Bertz CT molecular complexity index is 458. The number of nitrogens with one attached hydrogen (secondary N) is 1. The van der Waals surface area contributed by atoms with Gasteiger partial charge in [-0.1, -0.05) is 13.0 Å². The van der Waals surface area contributed by atoms with Crippen LogP contribution in [-0.2, 0) is 17.6 Å². The van der Waals surface area contributed by atoms with Crippen LogP contribution in [0.5, 0.6) is 5.75 Å². The van der Waals surface area contributed by atoms with E-state index in [9.17, 15) is 9.90 Å². The number of carbonyl (C=O) groups is 1. The minimum Gasteiger partial charge on any atom is -0.497 e. The van der Waals surface area contributed by atoms with Gasteiger partial charge in [0, 0.05) is 6.42 Å². The summed E-state index contributed by atoms with van der Waals surface area (Å²) in [7, 11) is 1.62. The van der Waals surface area contributed by atoms with Crippen molar-refractivity contribution in [3.63, 3.8) is 0 Å². The highest BCUT2D eigenvalue weighted by atomic mass is 16.5. The second kappa shape index (κ2) is 4.98. The Hall–Kier alpha value is -1.55. The molecule has 0 aromatic heterocycles. The van der Waals surface area contributed by atoms with E-state index in [-0.39, 0.29) is 0 Å². The first-order valence-electron chi connectivity index (χ1n) is 6.25. The summed E-state index contributed by atoms with van der Waals surface area (Å²) < 4.78 is 5.20. The van der Waals surface area contributed by atoms with Crippen molar-refractivity contribution in [2.75, 3.05) is 13.7 Å². The van der Waals surface area contributed by atoms with E-state index < -0.39 is 11.5 Å². The second-order valence-corrected chi connectivity index (χ2v) is 4.73. The van der Waals surface area contributed by atoms with E-state index in [0.717, 1.165) is 17.7 Å². The highest BCUT2D eigenvalue weighted by Crippen LogP contribution is 2.31. The number of aryl methyl sites for hydroxylation is 1. The molecular formula is C14H19NO3. The lowest BCUT2D eigenvalue weighted by atomic mass is 9.78. The molecule has 0 radical (unpaired) electrons. The van der Waals surface area contributed by atoms with Gasteiger partial charge in [0.05, 0.1) is 7.11 Å². The van der Waals surface area contributed by atoms with Crippen molar-refractivity contribution in [3.8, 4) is 5.75 Å². The summed E-state index contributed by atoms with van der Waals surface area (Å²) in [6.07, 6.45) is 1.94. The molecule has 98 valence electrons. The number of hydrogen-bond donors (Lipinski definition) is 2. The van der Waals surface area contributed by atoms with Crippen LogP contribution in [0.25, 0.3) is 0 Å². The van der Waals surface area contributed by atoms with Crippen LogP contribution in [0.15, 0.2) is 18.2 Å². The molecule has 1 aliphatic carbocycles. The van der Waals surface area contributed by atoms with Gasteiger partial charge in [-0.05, 0) is 42.6 Å². The van der Waals surface area contributed by atoms with Gasteiger partial charge in [0.2, 0.25) is 0 Å². The van der Waals surface area contributed by atoms with Gasteiger partial charge in [-0.3, -0.25) is 4.79 Å². The Kier molecular flexibility index (Phi) is 3.57. The number of fused-ring (bicyclic) bond motifs is 1. The number of aliphatic carboxylic acids is 1. The summed E-state index contributed by atoms with van der Waals surface area (Å²) in [6, 6.07) is 5.91. The first-order chi connectivity index (χ1) is 8.61. The zero-order chi connectivity index (χ0) is 13.2. The molecule has 4 nitrogen and oxygen atoms in total. The fourth-order valence-electron chi connectivity index (χ4n) is 2.65. The van der Waals surface area contributed by atoms with E-state index in [1.54, 1.807) is 7.11 Å². The van der Waals surface area contributed by atoms with E-state index in [4.69, 9.17) is 4.74 Å². The van der Waals surface area contributed by atoms with Crippen LogP contribution in [0, 0.1) is 0 Å². The Morgan fingerprint density at radius 3 is 2.89 bits per heavy atom. The predicted octanol–water partition coefficient (Wildman–Crippen LogP) is 1.62. The van der Waals surface area contributed by atoms with Gasteiger partial charge in [0.15, 0.2) is 0 Å². The summed E-state index contributed by atoms with van der Waals surface area (Å²) in [5.41, 5.74) is 1.48. The largest absolute Gasteiger partial charge is 0.497 e. The molecule has 0 aliphatic heterocycles. The normalized spacial score (nSPS) is 22.3. The Morgan fingerprint density at radius 2 is 2.28 bits per heavy atom. The molecule has 1 unspecified atom stereocenters. The average molecular weight is 249 g/mol. The molecule has 0 amide bonds. The van der Waals surface area contributed by atoms with Crippen molar-refractivity contribution in [3.05, 3.63) is 29.3 Å². The predicted molar refractivity (Wildman–Crippen MR) is 69.1 cm³/mol. The fraction of sp³-hybridized carbons (Fsp3) is 0.500. The number of carboxylic acids is 1. The van der Waals surface area contributed by atoms with Crippen molar-refractivity contribution in [1.29, 1.82) is 0 Å². The van der Waals surface area contributed by atoms with Crippen molar-refractivity contribution < 1.29 is 14.6 Å². The molecular weight excluding hydrogens is 230 g/mol. The number of methoxy groups -OCH3 is 1. The smallest absolute Gasteiger partial charge is 0.324 e. The molecule has 2 rings (SSSR count). The first-order valence-corrected chi connectivity index (χ1v) is 6.25. The van der Waals surface area contributed by atoms with Crippen molar-refractivity contribution in [2.24, 2.45) is 0 Å².